The molecule has 5 nitrogen and oxygen atoms in total. The Morgan fingerprint density at radius 3 is 1.68 bits per heavy atom. The number of furan rings is 1. The lowest BCUT2D eigenvalue weighted by atomic mass is 9.98. The number of benzene rings is 10. The molecule has 0 unspecified atom stereocenters. The number of thiophene rings is 1. The Balaban J connectivity index is 1.10. The molecular formula is C57H32N4OS. The van der Waals surface area contributed by atoms with Crippen LogP contribution in [0.25, 0.3) is 136 Å². The minimum absolute atomic E-state index is 0.590. The van der Waals surface area contributed by atoms with Crippen LogP contribution in [0.1, 0.15) is 0 Å². The van der Waals surface area contributed by atoms with E-state index in [9.17, 15) is 0 Å². The average Bonchev–Trinajstić information content (AvgIpc) is 4.03. The monoisotopic (exact) mass is 820 g/mol. The van der Waals surface area contributed by atoms with E-state index in [0.717, 1.165) is 76.2 Å². The molecule has 0 fully saturated rings. The maximum Gasteiger partial charge on any atom is 0.165 e. The quantitative estimate of drug-likeness (QED) is 0.177. The van der Waals surface area contributed by atoms with Crippen molar-refractivity contribution in [1.29, 1.82) is 0 Å². The molecule has 0 aliphatic rings. The van der Waals surface area contributed by atoms with Gasteiger partial charge in [0.05, 0.1) is 11.0 Å². The second kappa shape index (κ2) is 13.2. The first-order chi connectivity index (χ1) is 31.2. The Kier molecular flexibility index (Phi) is 7.21. The Bertz CT molecular complexity index is 4130. The molecule has 292 valence electrons. The van der Waals surface area contributed by atoms with E-state index >= 15 is 0 Å². The minimum atomic E-state index is 0.590. The molecule has 0 spiro atoms. The van der Waals surface area contributed by atoms with Crippen LogP contribution >= 0.6 is 11.3 Å². The van der Waals surface area contributed by atoms with E-state index in [4.69, 9.17) is 19.4 Å². The van der Waals surface area contributed by atoms with E-state index in [1.54, 1.807) is 11.3 Å². The maximum absolute atomic E-state index is 6.55. The lowest BCUT2D eigenvalue weighted by molar-refractivity contribution is 0.669. The Labute approximate surface area is 363 Å². The summed E-state index contributed by atoms with van der Waals surface area (Å²) in [4.78, 5) is 16.2. The van der Waals surface area contributed by atoms with Crippen LogP contribution in [-0.4, -0.2) is 19.5 Å². The van der Waals surface area contributed by atoms with Gasteiger partial charge >= 0.3 is 0 Å². The topological polar surface area (TPSA) is 56.7 Å². The maximum atomic E-state index is 6.55. The second-order valence-electron chi connectivity index (χ2n) is 16.3. The summed E-state index contributed by atoms with van der Waals surface area (Å²) in [5.74, 6) is 1.81. The van der Waals surface area contributed by atoms with Crippen LogP contribution in [0, 0.1) is 0 Å². The van der Waals surface area contributed by atoms with Gasteiger partial charge in [0.25, 0.3) is 0 Å². The third-order valence-electron chi connectivity index (χ3n) is 12.8. The van der Waals surface area contributed by atoms with Crippen LogP contribution in [0.5, 0.6) is 0 Å². The minimum Gasteiger partial charge on any atom is -0.456 e. The SMILES string of the molecule is c1ccc(-c2nc(-c3cc4oc5ccccc5c4c4ccccc34)nc(-c3cc(-n4c5ccc6ccccc6c5c5c6ccccc6ccc54)cc4c3sc3ccccc34)n2)cc1. The van der Waals surface area contributed by atoms with Gasteiger partial charge in [-0.15, -0.1) is 11.3 Å². The van der Waals surface area contributed by atoms with E-state index < -0.39 is 0 Å². The van der Waals surface area contributed by atoms with Gasteiger partial charge in [0.1, 0.15) is 11.2 Å². The van der Waals surface area contributed by atoms with Gasteiger partial charge in [0.15, 0.2) is 17.5 Å². The molecule has 0 amide bonds. The summed E-state index contributed by atoms with van der Waals surface area (Å²) in [6.45, 7) is 0. The summed E-state index contributed by atoms with van der Waals surface area (Å²) >= 11 is 1.79. The summed E-state index contributed by atoms with van der Waals surface area (Å²) < 4.78 is 11.3. The lowest BCUT2D eigenvalue weighted by Gasteiger charge is -2.14. The molecule has 0 radical (unpaired) electrons. The third-order valence-corrected chi connectivity index (χ3v) is 14.0. The van der Waals surface area contributed by atoms with E-state index in [1.165, 1.54) is 42.4 Å². The van der Waals surface area contributed by atoms with Gasteiger partial charge in [-0.1, -0.05) is 152 Å². The number of hydrogen-bond acceptors (Lipinski definition) is 5. The molecule has 63 heavy (non-hydrogen) atoms. The van der Waals surface area contributed by atoms with Crippen molar-refractivity contribution in [3.8, 4) is 39.9 Å². The van der Waals surface area contributed by atoms with Crippen LogP contribution in [0.2, 0.25) is 0 Å². The van der Waals surface area contributed by atoms with Crippen molar-refractivity contribution in [2.75, 3.05) is 0 Å². The first-order valence-electron chi connectivity index (χ1n) is 21.2. The Hall–Kier alpha value is -8.19. The van der Waals surface area contributed by atoms with Crippen molar-refractivity contribution in [3.63, 3.8) is 0 Å². The summed E-state index contributed by atoms with van der Waals surface area (Å²) in [6.07, 6.45) is 0. The predicted octanol–water partition coefficient (Wildman–Crippen LogP) is 15.7. The molecule has 0 atom stereocenters. The molecule has 4 aromatic heterocycles. The first kappa shape index (κ1) is 34.5. The second-order valence-corrected chi connectivity index (χ2v) is 17.3. The van der Waals surface area contributed by atoms with Crippen molar-refractivity contribution < 1.29 is 4.42 Å². The van der Waals surface area contributed by atoms with Crippen LogP contribution in [-0.2, 0) is 0 Å². The first-order valence-corrected chi connectivity index (χ1v) is 22.0. The molecule has 4 heterocycles. The highest BCUT2D eigenvalue weighted by atomic mass is 32.1. The molecule has 14 rings (SSSR count). The van der Waals surface area contributed by atoms with Crippen molar-refractivity contribution in [2.24, 2.45) is 0 Å². The highest BCUT2D eigenvalue weighted by Crippen LogP contribution is 2.46. The van der Waals surface area contributed by atoms with E-state index in [2.05, 4.69) is 168 Å². The lowest BCUT2D eigenvalue weighted by Crippen LogP contribution is -2.02. The number of rotatable bonds is 4. The van der Waals surface area contributed by atoms with Crippen molar-refractivity contribution in [2.45, 2.75) is 0 Å². The fourth-order valence-electron chi connectivity index (χ4n) is 10.0. The summed E-state index contributed by atoms with van der Waals surface area (Å²) in [5.41, 5.74) is 7.76. The van der Waals surface area contributed by atoms with Crippen LogP contribution in [0.4, 0.5) is 0 Å². The number of para-hydroxylation sites is 1. The van der Waals surface area contributed by atoms with Crippen molar-refractivity contribution >= 4 is 108 Å². The number of fused-ring (bicyclic) bond motifs is 15. The van der Waals surface area contributed by atoms with Gasteiger partial charge in [-0.05, 0) is 74.8 Å². The molecular weight excluding hydrogens is 789 g/mol. The fraction of sp³-hybridized carbons (Fsp3) is 0. The zero-order valence-corrected chi connectivity index (χ0v) is 34.4. The van der Waals surface area contributed by atoms with Gasteiger partial charge in [-0.2, -0.15) is 0 Å². The summed E-state index contributed by atoms with van der Waals surface area (Å²) in [7, 11) is 0. The fourth-order valence-corrected chi connectivity index (χ4v) is 11.2. The van der Waals surface area contributed by atoms with Crippen LogP contribution in [0.3, 0.4) is 0 Å². The highest BCUT2D eigenvalue weighted by Gasteiger charge is 2.23. The molecule has 0 aliphatic carbocycles. The molecule has 0 bridgehead atoms. The van der Waals surface area contributed by atoms with Gasteiger partial charge < -0.3 is 8.98 Å². The standard InChI is InChI=1S/C57H32N4OS/c1-2-16-35(17-3-1)55-58-56(44-32-49-51(41-22-9-8-20-39(41)44)42-23-10-12-24-48(42)62-49)60-57(59-55)45-31-36(30-43-40-21-11-13-25-50(40)63-54(43)45)61-46-28-26-33-14-4-6-18-37(33)52(46)53-38-19-7-5-15-34(38)27-29-47(53)61/h1-32H. The zero-order valence-electron chi connectivity index (χ0n) is 33.6. The van der Waals surface area contributed by atoms with Crippen LogP contribution in [0.15, 0.2) is 199 Å². The van der Waals surface area contributed by atoms with Crippen molar-refractivity contribution in [1.82, 2.24) is 19.5 Å². The molecule has 10 aromatic carbocycles. The smallest absolute Gasteiger partial charge is 0.165 e. The van der Waals surface area contributed by atoms with Gasteiger partial charge in [-0.25, -0.2) is 15.0 Å². The molecule has 0 N–H and O–H groups in total. The third kappa shape index (κ3) is 5.07. The number of hydrogen-bond donors (Lipinski definition) is 0. The van der Waals surface area contributed by atoms with Gasteiger partial charge in [0.2, 0.25) is 0 Å². The largest absolute Gasteiger partial charge is 0.456 e. The highest BCUT2D eigenvalue weighted by molar-refractivity contribution is 7.26. The van der Waals surface area contributed by atoms with Crippen LogP contribution < -0.4 is 0 Å². The van der Waals surface area contributed by atoms with E-state index in [1.807, 2.05) is 30.3 Å². The molecule has 14 aromatic rings. The van der Waals surface area contributed by atoms with E-state index in [0.29, 0.717) is 17.5 Å². The van der Waals surface area contributed by atoms with Crippen molar-refractivity contribution in [3.05, 3.63) is 194 Å². The van der Waals surface area contributed by atoms with Gasteiger partial charge in [-0.3, -0.25) is 0 Å². The average molecular weight is 821 g/mol. The molecule has 0 saturated heterocycles. The normalized spacial score (nSPS) is 12.1. The summed E-state index contributed by atoms with van der Waals surface area (Å²) in [5, 5.41) is 14.1. The Morgan fingerprint density at radius 2 is 0.952 bits per heavy atom. The number of nitrogens with zero attached hydrogens (tertiary/aromatic N) is 4. The van der Waals surface area contributed by atoms with E-state index in [-0.39, 0.29) is 0 Å². The molecule has 6 heteroatoms. The summed E-state index contributed by atoms with van der Waals surface area (Å²) in [6, 6.07) is 69.0. The predicted molar refractivity (Wildman–Crippen MR) is 263 cm³/mol. The van der Waals surface area contributed by atoms with Gasteiger partial charge in [0, 0.05) is 64.1 Å². The molecule has 0 aliphatic heterocycles. The number of aromatic nitrogens is 4. The molecule has 0 saturated carbocycles. The Morgan fingerprint density at radius 1 is 0.381 bits per heavy atom. The zero-order chi connectivity index (χ0) is 41.2.